The van der Waals surface area contributed by atoms with E-state index in [1.54, 1.807) is 0 Å². The molecule has 0 aromatic heterocycles. The lowest BCUT2D eigenvalue weighted by atomic mass is 10.0. The van der Waals surface area contributed by atoms with Crippen LogP contribution in [0.3, 0.4) is 0 Å². The van der Waals surface area contributed by atoms with Gasteiger partial charge in [-0.15, -0.1) is 23.2 Å². The fourth-order valence-electron chi connectivity index (χ4n) is 3.69. The molecule has 2 aliphatic carbocycles. The highest BCUT2D eigenvalue weighted by atomic mass is 35.5. The van der Waals surface area contributed by atoms with Gasteiger partial charge >= 0.3 is 6.18 Å². The molecule has 2 aliphatic rings. The van der Waals surface area contributed by atoms with Gasteiger partial charge in [-0.1, -0.05) is 23.2 Å². The van der Waals surface area contributed by atoms with E-state index in [4.69, 9.17) is 51.7 Å². The molecule has 4 rings (SSSR count). The maximum atomic E-state index is 13.2. The van der Waals surface area contributed by atoms with E-state index in [0.717, 1.165) is 12.1 Å². The molecule has 0 saturated heterocycles. The van der Waals surface area contributed by atoms with Crippen molar-refractivity contribution in [2.75, 3.05) is 5.32 Å². The van der Waals surface area contributed by atoms with Crippen LogP contribution in [0.1, 0.15) is 40.2 Å². The molecule has 2 N–H and O–H groups in total. The number of nitrogens with one attached hydrogen (secondary N) is 2. The largest absolute Gasteiger partial charge is 0.416 e. The van der Waals surface area contributed by atoms with Crippen LogP contribution in [-0.2, 0) is 11.0 Å². The smallest absolute Gasteiger partial charge is 0.334 e. The Morgan fingerprint density at radius 3 is 2.35 bits per heavy atom. The van der Waals surface area contributed by atoms with Gasteiger partial charge in [0, 0.05) is 16.6 Å². The Bertz CT molecular complexity index is 1240. The number of hydrogen-bond donors (Lipinski definition) is 2. The molecule has 34 heavy (non-hydrogen) atoms. The molecule has 0 radical (unpaired) electrons. The van der Waals surface area contributed by atoms with Gasteiger partial charge < -0.3 is 10.6 Å². The van der Waals surface area contributed by atoms with Gasteiger partial charge in [0.15, 0.2) is 0 Å². The lowest BCUT2D eigenvalue weighted by molar-refractivity contribution is -0.137. The third-order valence-corrected chi connectivity index (χ3v) is 7.23. The van der Waals surface area contributed by atoms with E-state index in [1.807, 2.05) is 6.07 Å². The molecular formula is C22H14Cl4F3N3O2. The molecule has 2 amide bonds. The highest BCUT2D eigenvalue weighted by Crippen LogP contribution is 2.65. The second-order valence-corrected chi connectivity index (χ2v) is 10.5. The van der Waals surface area contributed by atoms with E-state index < -0.39 is 45.3 Å². The molecule has 0 bridgehead atoms. The molecule has 12 heteroatoms. The van der Waals surface area contributed by atoms with Crippen molar-refractivity contribution >= 4 is 63.9 Å². The number of carbonyl (C=O) groups is 2. The Morgan fingerprint density at radius 1 is 1.09 bits per heavy atom. The first-order chi connectivity index (χ1) is 15.8. The summed E-state index contributed by atoms with van der Waals surface area (Å²) >= 11 is 24.5. The Labute approximate surface area is 212 Å². The monoisotopic (exact) mass is 549 g/mol. The molecule has 0 unspecified atom stereocenters. The van der Waals surface area contributed by atoms with Gasteiger partial charge in [-0.3, -0.25) is 9.59 Å². The molecule has 2 saturated carbocycles. The van der Waals surface area contributed by atoms with Gasteiger partial charge in [0.25, 0.3) is 5.91 Å². The number of nitrogens with zero attached hydrogens (tertiary/aromatic N) is 1. The van der Waals surface area contributed by atoms with Crippen LogP contribution in [0.5, 0.6) is 0 Å². The van der Waals surface area contributed by atoms with Crippen LogP contribution in [0.2, 0.25) is 10.0 Å². The molecular weight excluding hydrogens is 537 g/mol. The van der Waals surface area contributed by atoms with Crippen molar-refractivity contribution in [1.82, 2.24) is 5.32 Å². The minimum absolute atomic E-state index is 0.0426. The second-order valence-electron chi connectivity index (χ2n) is 8.23. The van der Waals surface area contributed by atoms with E-state index in [9.17, 15) is 22.8 Å². The summed E-state index contributed by atoms with van der Waals surface area (Å²) in [5.74, 6) is -3.24. The first-order valence-electron chi connectivity index (χ1n) is 9.87. The minimum atomic E-state index is -4.64. The van der Waals surface area contributed by atoms with E-state index in [2.05, 4.69) is 10.6 Å². The molecule has 2 atom stereocenters. The summed E-state index contributed by atoms with van der Waals surface area (Å²) in [5, 5.41) is 14.3. The van der Waals surface area contributed by atoms with E-state index >= 15 is 0 Å². The van der Waals surface area contributed by atoms with E-state index in [-0.39, 0.29) is 26.9 Å². The van der Waals surface area contributed by atoms with Gasteiger partial charge in [0.05, 0.1) is 28.1 Å². The van der Waals surface area contributed by atoms with Crippen LogP contribution in [0, 0.1) is 17.2 Å². The summed E-state index contributed by atoms with van der Waals surface area (Å²) in [6.45, 7) is 0. The maximum Gasteiger partial charge on any atom is 0.416 e. The number of carbonyl (C=O) groups excluding carboxylic acids is 2. The summed E-state index contributed by atoms with van der Waals surface area (Å²) in [5.41, 5.74) is -1.58. The number of alkyl halides is 5. The predicted molar refractivity (Wildman–Crippen MR) is 122 cm³/mol. The normalized spacial score (nSPS) is 21.8. The van der Waals surface area contributed by atoms with Crippen molar-refractivity contribution in [1.29, 1.82) is 5.26 Å². The number of benzene rings is 2. The fourth-order valence-corrected chi connectivity index (χ4v) is 4.97. The molecule has 2 fully saturated rings. The lowest BCUT2D eigenvalue weighted by Gasteiger charge is -2.12. The van der Waals surface area contributed by atoms with Crippen LogP contribution in [-0.4, -0.2) is 21.7 Å². The zero-order valence-corrected chi connectivity index (χ0v) is 20.0. The van der Waals surface area contributed by atoms with Crippen LogP contribution in [0.15, 0.2) is 36.4 Å². The zero-order valence-electron chi connectivity index (χ0n) is 16.9. The highest BCUT2D eigenvalue weighted by molar-refractivity contribution is 6.53. The minimum Gasteiger partial charge on any atom is -0.334 e. The third kappa shape index (κ3) is 4.80. The van der Waals surface area contributed by atoms with Crippen molar-refractivity contribution in [3.8, 4) is 6.07 Å². The van der Waals surface area contributed by atoms with Crippen molar-refractivity contribution in [3.05, 3.63) is 63.1 Å². The first-order valence-corrected chi connectivity index (χ1v) is 11.4. The van der Waals surface area contributed by atoms with E-state index in [1.165, 1.54) is 24.3 Å². The van der Waals surface area contributed by atoms with Crippen molar-refractivity contribution in [2.45, 2.75) is 34.8 Å². The van der Waals surface area contributed by atoms with Gasteiger partial charge in [0.1, 0.15) is 9.87 Å². The molecule has 0 heterocycles. The van der Waals surface area contributed by atoms with Crippen LogP contribution in [0.4, 0.5) is 18.9 Å². The molecule has 2 aromatic rings. The fraction of sp³-hybridized carbons (Fsp3) is 0.318. The van der Waals surface area contributed by atoms with Crippen molar-refractivity contribution in [2.24, 2.45) is 5.92 Å². The van der Waals surface area contributed by atoms with Crippen molar-refractivity contribution < 1.29 is 22.8 Å². The zero-order chi connectivity index (χ0) is 25.1. The van der Waals surface area contributed by atoms with Gasteiger partial charge in [0.2, 0.25) is 5.91 Å². The first kappa shape index (κ1) is 24.9. The number of nitriles is 1. The molecule has 2 aromatic carbocycles. The SMILES string of the molecule is N#CC1(NC(=O)c2cc(NC(=O)[C@@H]3[C@@H](c4cc(Cl)cc(C(F)(F)F)c4)C3(Cl)Cl)ccc2Cl)CC1. The maximum absolute atomic E-state index is 13.2. The van der Waals surface area contributed by atoms with Crippen molar-refractivity contribution in [3.63, 3.8) is 0 Å². The quantitative estimate of drug-likeness (QED) is 0.427. The summed E-state index contributed by atoms with van der Waals surface area (Å²) < 4.78 is 37.8. The van der Waals surface area contributed by atoms with Crippen LogP contribution >= 0.6 is 46.4 Å². The summed E-state index contributed by atoms with van der Waals surface area (Å²) in [6, 6.07) is 9.10. The molecule has 178 valence electrons. The number of amides is 2. The molecule has 0 aliphatic heterocycles. The summed E-state index contributed by atoms with van der Waals surface area (Å²) in [4.78, 5) is 25.4. The van der Waals surface area contributed by atoms with E-state index in [0.29, 0.717) is 12.8 Å². The molecule has 0 spiro atoms. The van der Waals surface area contributed by atoms with Gasteiger partial charge in [-0.05, 0) is 54.8 Å². The lowest BCUT2D eigenvalue weighted by Crippen LogP contribution is -2.35. The van der Waals surface area contributed by atoms with Crippen LogP contribution < -0.4 is 10.6 Å². The van der Waals surface area contributed by atoms with Gasteiger partial charge in [-0.25, -0.2) is 0 Å². The Morgan fingerprint density at radius 2 is 1.76 bits per heavy atom. The number of anilines is 1. The Balaban J connectivity index is 1.53. The average molecular weight is 551 g/mol. The topological polar surface area (TPSA) is 82.0 Å². The average Bonchev–Trinajstić information content (AvgIpc) is 3.63. The number of hydrogen-bond acceptors (Lipinski definition) is 3. The number of rotatable bonds is 5. The van der Waals surface area contributed by atoms with Gasteiger partial charge in [-0.2, -0.15) is 18.4 Å². The summed E-state index contributed by atoms with van der Waals surface area (Å²) in [6.07, 6.45) is -3.59. The third-order valence-electron chi connectivity index (χ3n) is 5.74. The standard InChI is InChI=1S/C22H14Cl4F3N3O2/c23-12-6-10(5-11(7-12)22(27,28)29)16-17(21(16,25)26)19(34)31-13-1-2-15(24)14(8-13)18(33)32-20(9-30)3-4-20/h1-2,5-8,16-17H,3-4H2,(H,31,34)(H,32,33)/t16-,17+/m1/s1. The summed E-state index contributed by atoms with van der Waals surface area (Å²) in [7, 11) is 0. The Hall–Kier alpha value is -2.18. The number of halogens is 7. The second kappa shape index (κ2) is 8.49. The Kier molecular flexibility index (Phi) is 6.22. The highest BCUT2D eigenvalue weighted by Gasteiger charge is 2.67. The van der Waals surface area contributed by atoms with Crippen LogP contribution in [0.25, 0.3) is 0 Å². The molecule has 5 nitrogen and oxygen atoms in total. The predicted octanol–water partition coefficient (Wildman–Crippen LogP) is 6.32.